The molecule has 1 heterocycles. The number of rotatable bonds is 3. The molecule has 1 saturated heterocycles. The van der Waals surface area contributed by atoms with Crippen LogP contribution in [0, 0.1) is 11.8 Å². The van der Waals surface area contributed by atoms with Crippen LogP contribution in [0.15, 0.2) is 0 Å². The van der Waals surface area contributed by atoms with Crippen molar-refractivity contribution in [2.75, 3.05) is 18.1 Å². The predicted octanol–water partition coefficient (Wildman–Crippen LogP) is 2.11. The van der Waals surface area contributed by atoms with E-state index in [1.165, 1.54) is 30.8 Å². The van der Waals surface area contributed by atoms with E-state index in [2.05, 4.69) is 18.7 Å². The molecule has 2 N–H and O–H groups in total. The van der Waals surface area contributed by atoms with Crippen LogP contribution in [-0.2, 0) is 0 Å². The Morgan fingerprint density at radius 3 is 2.64 bits per heavy atom. The Morgan fingerprint density at radius 1 is 1.45 bits per heavy atom. The molecular formula is C9H19NS. The van der Waals surface area contributed by atoms with Crippen LogP contribution in [-0.4, -0.2) is 18.1 Å². The van der Waals surface area contributed by atoms with E-state index in [4.69, 9.17) is 5.73 Å². The van der Waals surface area contributed by atoms with Gasteiger partial charge in [0.15, 0.2) is 0 Å². The molecule has 0 aromatic carbocycles. The summed E-state index contributed by atoms with van der Waals surface area (Å²) in [6.45, 7) is 3.13. The Labute approximate surface area is 74.1 Å². The average Bonchev–Trinajstić information content (AvgIpc) is 2.06. The first kappa shape index (κ1) is 9.40. The lowest BCUT2D eigenvalue weighted by atomic mass is 9.91. The van der Waals surface area contributed by atoms with Crippen molar-refractivity contribution in [3.05, 3.63) is 0 Å². The van der Waals surface area contributed by atoms with E-state index in [1.807, 2.05) is 0 Å². The minimum Gasteiger partial charge on any atom is -0.330 e. The van der Waals surface area contributed by atoms with E-state index in [0.717, 1.165) is 18.4 Å². The molecule has 1 aliphatic rings. The molecule has 11 heavy (non-hydrogen) atoms. The lowest BCUT2D eigenvalue weighted by molar-refractivity contribution is 0.375. The van der Waals surface area contributed by atoms with Gasteiger partial charge in [0.2, 0.25) is 0 Å². The van der Waals surface area contributed by atoms with Crippen molar-refractivity contribution in [1.82, 2.24) is 0 Å². The monoisotopic (exact) mass is 173 g/mol. The zero-order valence-electron chi connectivity index (χ0n) is 7.38. The standard InChI is InChI=1S/C9H19NS/c1-8(7-10)6-9-2-4-11-5-3-9/h8-9H,2-7,10H2,1H3. The Kier molecular flexibility index (Phi) is 4.31. The van der Waals surface area contributed by atoms with Crippen LogP contribution in [0.1, 0.15) is 26.2 Å². The van der Waals surface area contributed by atoms with Crippen LogP contribution in [0.4, 0.5) is 0 Å². The number of hydrogen-bond acceptors (Lipinski definition) is 2. The summed E-state index contributed by atoms with van der Waals surface area (Å²) in [5.74, 6) is 4.47. The third-order valence-corrected chi connectivity index (χ3v) is 3.53. The quantitative estimate of drug-likeness (QED) is 0.707. The summed E-state index contributed by atoms with van der Waals surface area (Å²) in [5, 5.41) is 0. The molecule has 0 aliphatic carbocycles. The average molecular weight is 173 g/mol. The molecule has 0 amide bonds. The molecule has 0 bridgehead atoms. The van der Waals surface area contributed by atoms with Crippen molar-refractivity contribution in [2.24, 2.45) is 17.6 Å². The maximum absolute atomic E-state index is 5.58. The van der Waals surface area contributed by atoms with Crippen molar-refractivity contribution in [1.29, 1.82) is 0 Å². The molecule has 1 nitrogen and oxygen atoms in total. The molecule has 0 aromatic rings. The first-order valence-electron chi connectivity index (χ1n) is 4.60. The van der Waals surface area contributed by atoms with E-state index in [-0.39, 0.29) is 0 Å². The summed E-state index contributed by atoms with van der Waals surface area (Å²) in [4.78, 5) is 0. The van der Waals surface area contributed by atoms with E-state index in [0.29, 0.717) is 0 Å². The Morgan fingerprint density at radius 2 is 2.09 bits per heavy atom. The molecule has 1 aliphatic heterocycles. The molecule has 1 fully saturated rings. The first-order chi connectivity index (χ1) is 5.33. The van der Waals surface area contributed by atoms with Crippen LogP contribution in [0.25, 0.3) is 0 Å². The van der Waals surface area contributed by atoms with Crippen molar-refractivity contribution >= 4 is 11.8 Å². The summed E-state index contributed by atoms with van der Waals surface area (Å²) >= 11 is 2.10. The molecule has 2 heteroatoms. The summed E-state index contributed by atoms with van der Waals surface area (Å²) in [6.07, 6.45) is 4.21. The number of thioether (sulfide) groups is 1. The Bertz CT molecular complexity index is 99.7. The zero-order chi connectivity index (χ0) is 8.10. The summed E-state index contributed by atoms with van der Waals surface area (Å²) in [7, 11) is 0. The number of nitrogens with two attached hydrogens (primary N) is 1. The Hall–Kier alpha value is 0.310. The fraction of sp³-hybridized carbons (Fsp3) is 1.00. The minimum absolute atomic E-state index is 0.739. The van der Waals surface area contributed by atoms with Gasteiger partial charge in [0, 0.05) is 0 Å². The molecule has 1 atom stereocenters. The highest BCUT2D eigenvalue weighted by Crippen LogP contribution is 2.27. The maximum atomic E-state index is 5.58. The van der Waals surface area contributed by atoms with Crippen LogP contribution >= 0.6 is 11.8 Å². The summed E-state index contributed by atoms with van der Waals surface area (Å²) in [5.41, 5.74) is 5.58. The lowest BCUT2D eigenvalue weighted by Gasteiger charge is -2.23. The van der Waals surface area contributed by atoms with Crippen molar-refractivity contribution < 1.29 is 0 Å². The van der Waals surface area contributed by atoms with Gasteiger partial charge in [-0.2, -0.15) is 11.8 Å². The molecule has 0 radical (unpaired) electrons. The molecule has 66 valence electrons. The molecule has 1 unspecified atom stereocenters. The zero-order valence-corrected chi connectivity index (χ0v) is 8.20. The third kappa shape index (κ3) is 3.48. The highest BCUT2D eigenvalue weighted by atomic mass is 32.2. The van der Waals surface area contributed by atoms with Crippen LogP contribution in [0.3, 0.4) is 0 Å². The highest BCUT2D eigenvalue weighted by molar-refractivity contribution is 7.99. The fourth-order valence-corrected chi connectivity index (χ4v) is 2.85. The van der Waals surface area contributed by atoms with E-state index in [9.17, 15) is 0 Å². The van der Waals surface area contributed by atoms with Gasteiger partial charge in [-0.25, -0.2) is 0 Å². The van der Waals surface area contributed by atoms with Crippen LogP contribution < -0.4 is 5.73 Å². The SMILES string of the molecule is CC(CN)CC1CCSCC1. The topological polar surface area (TPSA) is 26.0 Å². The number of hydrogen-bond donors (Lipinski definition) is 1. The van der Waals surface area contributed by atoms with Gasteiger partial charge in [0.05, 0.1) is 0 Å². The van der Waals surface area contributed by atoms with E-state index >= 15 is 0 Å². The van der Waals surface area contributed by atoms with Gasteiger partial charge in [0.25, 0.3) is 0 Å². The second kappa shape index (κ2) is 5.04. The second-order valence-electron chi connectivity index (χ2n) is 3.63. The maximum Gasteiger partial charge on any atom is -0.00514 e. The third-order valence-electron chi connectivity index (χ3n) is 2.48. The predicted molar refractivity (Wildman–Crippen MR) is 52.9 cm³/mol. The van der Waals surface area contributed by atoms with Crippen molar-refractivity contribution in [3.63, 3.8) is 0 Å². The van der Waals surface area contributed by atoms with Gasteiger partial charge in [-0.1, -0.05) is 6.92 Å². The smallest absolute Gasteiger partial charge is 0.00514 e. The Balaban J connectivity index is 2.13. The molecule has 0 saturated carbocycles. The highest BCUT2D eigenvalue weighted by Gasteiger charge is 2.15. The van der Waals surface area contributed by atoms with Gasteiger partial charge < -0.3 is 5.73 Å². The molecule has 0 aromatic heterocycles. The van der Waals surface area contributed by atoms with Crippen LogP contribution in [0.5, 0.6) is 0 Å². The second-order valence-corrected chi connectivity index (χ2v) is 4.86. The van der Waals surface area contributed by atoms with Gasteiger partial charge in [-0.05, 0) is 49.1 Å². The van der Waals surface area contributed by atoms with Crippen LogP contribution in [0.2, 0.25) is 0 Å². The van der Waals surface area contributed by atoms with Gasteiger partial charge in [-0.15, -0.1) is 0 Å². The normalized spacial score (nSPS) is 23.5. The van der Waals surface area contributed by atoms with E-state index < -0.39 is 0 Å². The van der Waals surface area contributed by atoms with Gasteiger partial charge in [-0.3, -0.25) is 0 Å². The van der Waals surface area contributed by atoms with Gasteiger partial charge >= 0.3 is 0 Å². The largest absolute Gasteiger partial charge is 0.330 e. The summed E-state index contributed by atoms with van der Waals surface area (Å²) < 4.78 is 0. The van der Waals surface area contributed by atoms with Crippen molar-refractivity contribution in [2.45, 2.75) is 26.2 Å². The first-order valence-corrected chi connectivity index (χ1v) is 5.76. The van der Waals surface area contributed by atoms with E-state index in [1.54, 1.807) is 0 Å². The molecule has 0 spiro atoms. The molecular weight excluding hydrogens is 154 g/mol. The van der Waals surface area contributed by atoms with Crippen molar-refractivity contribution in [3.8, 4) is 0 Å². The lowest BCUT2D eigenvalue weighted by Crippen LogP contribution is -2.18. The fourth-order valence-electron chi connectivity index (χ4n) is 1.65. The summed E-state index contributed by atoms with van der Waals surface area (Å²) in [6, 6.07) is 0. The molecule has 1 rings (SSSR count). The minimum atomic E-state index is 0.739. The van der Waals surface area contributed by atoms with Gasteiger partial charge in [0.1, 0.15) is 0 Å².